The number of nitrogens with zero attached hydrogens (tertiary/aromatic N) is 4. The van der Waals surface area contributed by atoms with E-state index >= 15 is 0 Å². The highest BCUT2D eigenvalue weighted by Gasteiger charge is 2.43. The van der Waals surface area contributed by atoms with Gasteiger partial charge in [-0.1, -0.05) is 0 Å². The van der Waals surface area contributed by atoms with E-state index in [1.165, 1.54) is 0 Å². The first-order valence-corrected chi connectivity index (χ1v) is 5.64. The maximum absolute atomic E-state index is 12.2. The van der Waals surface area contributed by atoms with Gasteiger partial charge in [-0.3, -0.25) is 4.79 Å². The topological polar surface area (TPSA) is 77.0 Å². The molecule has 1 saturated carbocycles. The molecule has 1 aliphatic carbocycles. The van der Waals surface area contributed by atoms with Crippen LogP contribution in [0.2, 0.25) is 0 Å². The fourth-order valence-electron chi connectivity index (χ4n) is 2.33. The molecule has 0 atom stereocenters. The predicted octanol–water partition coefficient (Wildman–Crippen LogP) is -0.498. The summed E-state index contributed by atoms with van der Waals surface area (Å²) >= 11 is 0. The zero-order valence-electron chi connectivity index (χ0n) is 9.09. The Morgan fingerprint density at radius 1 is 1.44 bits per heavy atom. The van der Waals surface area contributed by atoms with Gasteiger partial charge in [0.05, 0.1) is 12.1 Å². The van der Waals surface area contributed by atoms with Crippen molar-refractivity contribution < 1.29 is 4.79 Å². The Morgan fingerprint density at radius 3 is 2.94 bits per heavy atom. The van der Waals surface area contributed by atoms with Crippen molar-refractivity contribution >= 4 is 5.91 Å². The van der Waals surface area contributed by atoms with Gasteiger partial charge in [0.1, 0.15) is 6.33 Å². The molecule has 1 aliphatic heterocycles. The molecule has 1 aromatic rings. The minimum Gasteiger partial charge on any atom is -0.332 e. The summed E-state index contributed by atoms with van der Waals surface area (Å²) in [6.07, 6.45) is 4.40. The van der Waals surface area contributed by atoms with Gasteiger partial charge in [-0.15, -0.1) is 10.2 Å². The number of hydrogen-bond acceptors (Lipinski definition) is 4. The molecule has 6 nitrogen and oxygen atoms in total. The van der Waals surface area contributed by atoms with E-state index in [4.69, 9.17) is 5.73 Å². The Kier molecular flexibility index (Phi) is 2.00. The fraction of sp³-hybridized carbons (Fsp3) is 0.700. The van der Waals surface area contributed by atoms with E-state index < -0.39 is 5.54 Å². The summed E-state index contributed by atoms with van der Waals surface area (Å²) < 4.78 is 1.98. The third-order valence-corrected chi connectivity index (χ3v) is 3.60. The predicted molar refractivity (Wildman–Crippen MR) is 56.2 cm³/mol. The van der Waals surface area contributed by atoms with Crippen LogP contribution in [0.15, 0.2) is 6.33 Å². The van der Waals surface area contributed by atoms with Gasteiger partial charge >= 0.3 is 0 Å². The molecule has 3 rings (SSSR count). The van der Waals surface area contributed by atoms with Crippen LogP contribution in [0.25, 0.3) is 0 Å². The molecule has 1 amide bonds. The number of hydrogen-bond donors (Lipinski definition) is 1. The van der Waals surface area contributed by atoms with Crippen molar-refractivity contribution in [3.8, 4) is 0 Å². The van der Waals surface area contributed by atoms with Gasteiger partial charge in [-0.05, 0) is 19.3 Å². The molecule has 0 aromatic carbocycles. The summed E-state index contributed by atoms with van der Waals surface area (Å²) in [5, 5.41) is 7.83. The molecule has 6 heteroatoms. The first kappa shape index (κ1) is 9.77. The Bertz CT molecular complexity index is 423. The van der Waals surface area contributed by atoms with Gasteiger partial charge in [0, 0.05) is 13.1 Å². The molecule has 0 radical (unpaired) electrons. The van der Waals surface area contributed by atoms with Gasteiger partial charge in [-0.2, -0.15) is 0 Å². The van der Waals surface area contributed by atoms with Crippen molar-refractivity contribution in [3.05, 3.63) is 12.2 Å². The first-order chi connectivity index (χ1) is 7.69. The molecule has 0 unspecified atom stereocenters. The van der Waals surface area contributed by atoms with E-state index in [0.29, 0.717) is 13.1 Å². The van der Waals surface area contributed by atoms with E-state index in [2.05, 4.69) is 10.2 Å². The van der Waals surface area contributed by atoms with Crippen molar-refractivity contribution in [3.63, 3.8) is 0 Å². The molecular weight excluding hydrogens is 206 g/mol. The van der Waals surface area contributed by atoms with Gasteiger partial charge < -0.3 is 15.2 Å². The number of amides is 1. The summed E-state index contributed by atoms with van der Waals surface area (Å²) in [7, 11) is 0. The smallest absolute Gasteiger partial charge is 0.243 e. The lowest BCUT2D eigenvalue weighted by Crippen LogP contribution is -2.60. The highest BCUT2D eigenvalue weighted by molar-refractivity contribution is 5.87. The molecule has 16 heavy (non-hydrogen) atoms. The van der Waals surface area contributed by atoms with E-state index in [9.17, 15) is 4.79 Å². The van der Waals surface area contributed by atoms with Crippen LogP contribution in [0, 0.1) is 0 Å². The second-order valence-electron chi connectivity index (χ2n) is 4.68. The van der Waals surface area contributed by atoms with Crippen molar-refractivity contribution in [2.24, 2.45) is 5.73 Å². The van der Waals surface area contributed by atoms with Crippen LogP contribution in [0.1, 0.15) is 25.1 Å². The van der Waals surface area contributed by atoms with Crippen LogP contribution in [0.4, 0.5) is 0 Å². The van der Waals surface area contributed by atoms with Gasteiger partial charge in [-0.25, -0.2) is 0 Å². The molecule has 2 N–H and O–H groups in total. The second-order valence-corrected chi connectivity index (χ2v) is 4.68. The lowest BCUT2D eigenvalue weighted by molar-refractivity contribution is -0.141. The third kappa shape index (κ3) is 1.33. The quantitative estimate of drug-likeness (QED) is 0.693. The minimum atomic E-state index is -0.595. The number of carbonyl (C=O) groups is 1. The van der Waals surface area contributed by atoms with Gasteiger partial charge in [0.15, 0.2) is 5.82 Å². The molecule has 0 saturated heterocycles. The molecule has 86 valence electrons. The minimum absolute atomic E-state index is 0.0769. The Hall–Kier alpha value is -1.43. The first-order valence-electron chi connectivity index (χ1n) is 5.64. The molecule has 0 bridgehead atoms. The van der Waals surface area contributed by atoms with Crippen LogP contribution in [-0.2, 0) is 17.9 Å². The molecule has 1 fully saturated rings. The Labute approximate surface area is 93.4 Å². The number of carbonyl (C=O) groups excluding carboxylic acids is 1. The molecule has 2 heterocycles. The van der Waals surface area contributed by atoms with E-state index in [0.717, 1.165) is 31.6 Å². The van der Waals surface area contributed by atoms with Gasteiger partial charge in [0.2, 0.25) is 5.91 Å². The lowest BCUT2D eigenvalue weighted by atomic mass is 9.76. The maximum Gasteiger partial charge on any atom is 0.243 e. The van der Waals surface area contributed by atoms with Crippen molar-refractivity contribution in [2.75, 3.05) is 6.54 Å². The van der Waals surface area contributed by atoms with Crippen LogP contribution >= 0.6 is 0 Å². The average molecular weight is 221 g/mol. The molecule has 1 aromatic heterocycles. The highest BCUT2D eigenvalue weighted by Crippen LogP contribution is 2.31. The SMILES string of the molecule is NC1(C(=O)N2CCn3cnnc3C2)CCC1. The average Bonchev–Trinajstić information content (AvgIpc) is 2.71. The number of fused-ring (bicyclic) bond motifs is 1. The number of aromatic nitrogens is 3. The van der Waals surface area contributed by atoms with Crippen LogP contribution in [-0.4, -0.2) is 37.7 Å². The summed E-state index contributed by atoms with van der Waals surface area (Å²) in [4.78, 5) is 14.0. The van der Waals surface area contributed by atoms with E-state index in [-0.39, 0.29) is 5.91 Å². The number of rotatable bonds is 1. The monoisotopic (exact) mass is 221 g/mol. The lowest BCUT2D eigenvalue weighted by Gasteiger charge is -2.41. The molecule has 2 aliphatic rings. The zero-order valence-corrected chi connectivity index (χ0v) is 9.09. The summed E-state index contributed by atoms with van der Waals surface area (Å²) in [6.45, 7) is 2.02. The summed E-state index contributed by atoms with van der Waals surface area (Å²) in [5.74, 6) is 0.926. The molecular formula is C10H15N5O. The van der Waals surface area contributed by atoms with Crippen molar-refractivity contribution in [1.82, 2.24) is 19.7 Å². The van der Waals surface area contributed by atoms with Crippen LogP contribution in [0.3, 0.4) is 0 Å². The number of nitrogens with two attached hydrogens (primary N) is 1. The van der Waals surface area contributed by atoms with E-state index in [1.54, 1.807) is 6.33 Å². The highest BCUT2D eigenvalue weighted by atomic mass is 16.2. The van der Waals surface area contributed by atoms with E-state index in [1.807, 2.05) is 9.47 Å². The third-order valence-electron chi connectivity index (χ3n) is 3.60. The maximum atomic E-state index is 12.2. The largest absolute Gasteiger partial charge is 0.332 e. The standard InChI is InChI=1S/C10H15N5O/c11-10(2-1-3-10)9(16)14-4-5-15-7-12-13-8(15)6-14/h7H,1-6,11H2. The van der Waals surface area contributed by atoms with Gasteiger partial charge in [0.25, 0.3) is 0 Å². The zero-order chi connectivity index (χ0) is 11.2. The Balaban J connectivity index is 1.76. The van der Waals surface area contributed by atoms with Crippen molar-refractivity contribution in [1.29, 1.82) is 0 Å². The van der Waals surface area contributed by atoms with Crippen LogP contribution in [0.5, 0.6) is 0 Å². The van der Waals surface area contributed by atoms with Crippen LogP contribution < -0.4 is 5.73 Å². The van der Waals surface area contributed by atoms with Crippen molar-refractivity contribution in [2.45, 2.75) is 37.9 Å². The molecule has 0 spiro atoms. The summed E-state index contributed by atoms with van der Waals surface area (Å²) in [6, 6.07) is 0. The Morgan fingerprint density at radius 2 is 2.25 bits per heavy atom. The fourth-order valence-corrected chi connectivity index (χ4v) is 2.33. The normalized spacial score (nSPS) is 22.4. The summed E-state index contributed by atoms with van der Waals surface area (Å²) in [5.41, 5.74) is 5.44. The second kappa shape index (κ2) is 3.28.